The SMILES string of the molecule is Cn1c(=O)n(C2CCC(=O)NC2=O)c2cccc(CCCOCC3CCN(C[C@H]4CC[C@H](n5cc(NC(=O)c6cnn7ccc(N8CCNCC8)nc67)c(C(F)F)n5)CC4)CO3)c21. The van der Waals surface area contributed by atoms with Crippen LogP contribution in [0.4, 0.5) is 20.3 Å². The number of alkyl halides is 2. The summed E-state index contributed by atoms with van der Waals surface area (Å²) in [5.41, 5.74) is 2.26. The van der Waals surface area contributed by atoms with E-state index in [1.165, 1.54) is 21.5 Å². The van der Waals surface area contributed by atoms with Gasteiger partial charge in [0.15, 0.2) is 11.3 Å². The fraction of sp³-hybridized carbons (Fsp3) is 0.558. The monoisotopic (exact) mass is 872 g/mol. The number of piperazine rings is 1. The van der Waals surface area contributed by atoms with Crippen molar-refractivity contribution in [2.24, 2.45) is 13.0 Å². The molecule has 9 rings (SSSR count). The highest BCUT2D eigenvalue weighted by atomic mass is 19.3. The number of ether oxygens (including phenoxy) is 2. The number of rotatable bonds is 14. The van der Waals surface area contributed by atoms with Crippen LogP contribution in [0.3, 0.4) is 0 Å². The lowest BCUT2D eigenvalue weighted by atomic mass is 9.85. The molecular weight excluding hydrogens is 819 g/mol. The van der Waals surface area contributed by atoms with Crippen LogP contribution in [0.25, 0.3) is 16.7 Å². The van der Waals surface area contributed by atoms with E-state index in [1.54, 1.807) is 22.5 Å². The predicted molar refractivity (Wildman–Crippen MR) is 228 cm³/mol. The Hall–Kier alpha value is -5.57. The summed E-state index contributed by atoms with van der Waals surface area (Å²) in [5, 5.41) is 16.9. The lowest BCUT2D eigenvalue weighted by Crippen LogP contribution is -2.44. The first kappa shape index (κ1) is 42.7. The second-order valence-electron chi connectivity index (χ2n) is 17.1. The van der Waals surface area contributed by atoms with Gasteiger partial charge in [-0.25, -0.2) is 23.1 Å². The van der Waals surface area contributed by atoms with Crippen LogP contribution in [0.15, 0.2) is 47.7 Å². The minimum atomic E-state index is -2.86. The van der Waals surface area contributed by atoms with Crippen LogP contribution in [0.5, 0.6) is 0 Å². The molecule has 0 spiro atoms. The first-order valence-corrected chi connectivity index (χ1v) is 22.0. The number of imidazole rings is 1. The van der Waals surface area contributed by atoms with E-state index in [0.29, 0.717) is 49.9 Å². The average Bonchev–Trinajstić information content (AvgIpc) is 3.99. The smallest absolute Gasteiger partial charge is 0.329 e. The zero-order valence-corrected chi connectivity index (χ0v) is 35.4. The molecule has 0 bridgehead atoms. The number of carbonyl (C=O) groups excluding carboxylic acids is 3. The van der Waals surface area contributed by atoms with Gasteiger partial charge in [-0.2, -0.15) is 10.2 Å². The van der Waals surface area contributed by atoms with Gasteiger partial charge in [-0.3, -0.25) is 38.4 Å². The average molecular weight is 873 g/mol. The highest BCUT2D eigenvalue weighted by Crippen LogP contribution is 2.36. The van der Waals surface area contributed by atoms with Crippen molar-refractivity contribution >= 4 is 45.9 Å². The molecule has 4 fully saturated rings. The Morgan fingerprint density at radius 2 is 1.87 bits per heavy atom. The van der Waals surface area contributed by atoms with E-state index in [1.807, 2.05) is 24.3 Å². The van der Waals surface area contributed by atoms with Crippen molar-refractivity contribution in [2.75, 3.05) is 69.4 Å². The number of imide groups is 1. The number of halogens is 2. The van der Waals surface area contributed by atoms with Crippen LogP contribution in [-0.2, 0) is 32.5 Å². The fourth-order valence-corrected chi connectivity index (χ4v) is 9.58. The molecule has 4 aliphatic rings. The molecule has 2 atom stereocenters. The Morgan fingerprint density at radius 1 is 1.05 bits per heavy atom. The van der Waals surface area contributed by atoms with Crippen molar-refractivity contribution in [1.82, 2.24) is 49.0 Å². The predicted octanol–water partition coefficient (Wildman–Crippen LogP) is 3.59. The van der Waals surface area contributed by atoms with Crippen LogP contribution in [-0.4, -0.2) is 121 Å². The highest BCUT2D eigenvalue weighted by molar-refractivity contribution is 6.08. The largest absolute Gasteiger partial charge is 0.379 e. The maximum absolute atomic E-state index is 14.2. The summed E-state index contributed by atoms with van der Waals surface area (Å²) in [7, 11) is 1.71. The lowest BCUT2D eigenvalue weighted by molar-refractivity contribution is -0.135. The van der Waals surface area contributed by atoms with Gasteiger partial charge in [0, 0.05) is 71.7 Å². The number of aromatic nitrogens is 7. The van der Waals surface area contributed by atoms with Crippen LogP contribution in [0.1, 0.15) is 91.5 Å². The minimum Gasteiger partial charge on any atom is -0.379 e. The second kappa shape index (κ2) is 18.6. The van der Waals surface area contributed by atoms with Gasteiger partial charge in [0.2, 0.25) is 11.8 Å². The van der Waals surface area contributed by atoms with Crippen molar-refractivity contribution in [3.63, 3.8) is 0 Å². The van der Waals surface area contributed by atoms with Gasteiger partial charge < -0.3 is 25.0 Å². The first-order valence-electron chi connectivity index (χ1n) is 22.0. The number of nitrogens with one attached hydrogen (secondary N) is 3. The minimum absolute atomic E-state index is 0.00115. The summed E-state index contributed by atoms with van der Waals surface area (Å²) in [6, 6.07) is 6.81. The number of hydrogen-bond acceptors (Lipinski definition) is 12. The number of carbonyl (C=O) groups is 3. The Labute approximate surface area is 361 Å². The zero-order chi connectivity index (χ0) is 43.6. The number of benzene rings is 1. The molecule has 3 N–H and O–H groups in total. The third-order valence-corrected chi connectivity index (χ3v) is 13.0. The van der Waals surface area contributed by atoms with E-state index in [0.717, 1.165) is 94.7 Å². The van der Waals surface area contributed by atoms with Gasteiger partial charge >= 0.3 is 5.69 Å². The number of anilines is 2. The van der Waals surface area contributed by atoms with Crippen LogP contribution in [0, 0.1) is 5.92 Å². The summed E-state index contributed by atoms with van der Waals surface area (Å²) in [6.07, 6.45) is 8.02. The molecule has 0 radical (unpaired) electrons. The Morgan fingerprint density at radius 3 is 2.63 bits per heavy atom. The van der Waals surface area contributed by atoms with E-state index in [-0.39, 0.29) is 41.4 Å². The highest BCUT2D eigenvalue weighted by Gasteiger charge is 2.33. The van der Waals surface area contributed by atoms with Gasteiger partial charge in [0.25, 0.3) is 12.3 Å². The molecule has 20 heteroatoms. The Kier molecular flexibility index (Phi) is 12.6. The lowest BCUT2D eigenvalue weighted by Gasteiger charge is -2.36. The maximum Gasteiger partial charge on any atom is 0.329 e. The van der Waals surface area contributed by atoms with Crippen molar-refractivity contribution in [1.29, 1.82) is 0 Å². The fourth-order valence-electron chi connectivity index (χ4n) is 9.58. The molecule has 3 amide bonds. The van der Waals surface area contributed by atoms with Gasteiger partial charge in [0.1, 0.15) is 17.4 Å². The number of amides is 3. The summed E-state index contributed by atoms with van der Waals surface area (Å²) in [5.74, 6) is -0.164. The van der Waals surface area contributed by atoms with Crippen LogP contribution >= 0.6 is 0 Å². The van der Waals surface area contributed by atoms with Gasteiger partial charge in [-0.1, -0.05) is 12.1 Å². The standard InChI is InChI=1S/C43H54F2N12O6/c1-52-38-28(4-2-6-33(38)57(43(52)61)34-11-12-36(58)50-42(34)60)5-3-21-62-25-30-13-17-53(26-63-30)23-27-7-9-29(10-8-27)56-24-32(37(51-56)39(44)45)48-41(59)31-22-47-55-18-14-35(49-40(31)55)54-19-15-46-16-20-54/h2,4,6,14,18,22,24,27,29-30,34,39,46H,3,5,7-13,15-17,19-21,23,25-26H2,1H3,(H,48,59)(H,50,58,60)/t27-,29-,30?,34?. The quantitative estimate of drug-likeness (QED) is 0.109. The van der Waals surface area contributed by atoms with Crippen LogP contribution < -0.4 is 26.5 Å². The maximum atomic E-state index is 14.2. The van der Waals surface area contributed by atoms with Gasteiger partial charge in [0.05, 0.1) is 48.4 Å². The number of piperidine rings is 1. The molecule has 1 saturated carbocycles. The Bertz CT molecular complexity index is 2510. The summed E-state index contributed by atoms with van der Waals surface area (Å²) < 4.78 is 46.9. The van der Waals surface area contributed by atoms with Gasteiger partial charge in [-0.15, -0.1) is 0 Å². The molecule has 3 saturated heterocycles. The number of hydrogen-bond donors (Lipinski definition) is 3. The van der Waals surface area contributed by atoms with Gasteiger partial charge in [-0.05, 0) is 75.0 Å². The van der Waals surface area contributed by atoms with E-state index in [4.69, 9.17) is 14.5 Å². The van der Waals surface area contributed by atoms with Crippen molar-refractivity contribution in [3.8, 4) is 0 Å². The normalized spacial score (nSPS) is 22.6. The number of nitrogens with zero attached hydrogens (tertiary/aromatic N) is 9. The summed E-state index contributed by atoms with van der Waals surface area (Å²) in [4.78, 5) is 60.2. The number of fused-ring (bicyclic) bond motifs is 2. The zero-order valence-electron chi connectivity index (χ0n) is 35.4. The Balaban J connectivity index is 0.712. The number of aryl methyl sites for hydroxylation is 2. The molecule has 7 heterocycles. The van der Waals surface area contributed by atoms with E-state index >= 15 is 0 Å². The molecule has 3 aliphatic heterocycles. The van der Waals surface area contributed by atoms with Crippen molar-refractivity contribution < 1.29 is 32.6 Å². The van der Waals surface area contributed by atoms with Crippen LogP contribution in [0.2, 0.25) is 0 Å². The molecule has 1 aliphatic carbocycles. The van der Waals surface area contributed by atoms with E-state index in [2.05, 4.69) is 35.9 Å². The molecule has 5 aromatic rings. The third kappa shape index (κ3) is 9.12. The number of para-hydroxylation sites is 1. The van der Waals surface area contributed by atoms with E-state index in [9.17, 15) is 28.0 Å². The molecule has 63 heavy (non-hydrogen) atoms. The second-order valence-corrected chi connectivity index (χ2v) is 17.1. The molecular formula is C43H54F2N12O6. The topological polar surface area (TPSA) is 187 Å². The first-order chi connectivity index (χ1) is 30.6. The van der Waals surface area contributed by atoms with Crippen molar-refractivity contribution in [3.05, 3.63) is 70.2 Å². The van der Waals surface area contributed by atoms with E-state index < -0.39 is 30.0 Å². The molecule has 336 valence electrons. The molecule has 1 aromatic carbocycles. The molecule has 18 nitrogen and oxygen atoms in total. The summed E-state index contributed by atoms with van der Waals surface area (Å²) in [6.45, 7) is 6.57. The summed E-state index contributed by atoms with van der Waals surface area (Å²) >= 11 is 0. The third-order valence-electron chi connectivity index (χ3n) is 13.0. The molecule has 4 aromatic heterocycles. The molecule has 2 unspecified atom stereocenters. The van der Waals surface area contributed by atoms with Crippen molar-refractivity contribution in [2.45, 2.75) is 82.4 Å².